The largest absolute Gasteiger partial charge is 0.744 e. The van der Waals surface area contributed by atoms with Gasteiger partial charge in [0.2, 0.25) is 0 Å². The first kappa shape index (κ1) is 23.6. The zero-order valence-electron chi connectivity index (χ0n) is 17.8. The van der Waals surface area contributed by atoms with Gasteiger partial charge < -0.3 is 9.29 Å². The van der Waals surface area contributed by atoms with Crippen molar-refractivity contribution in [2.75, 3.05) is 7.11 Å². The highest BCUT2D eigenvalue weighted by Crippen LogP contribution is 2.31. The lowest BCUT2D eigenvalue weighted by Gasteiger charge is -2.08. The number of rotatable bonds is 5. The van der Waals surface area contributed by atoms with E-state index in [1.54, 1.807) is 19.2 Å². The van der Waals surface area contributed by atoms with Gasteiger partial charge in [-0.05, 0) is 67.6 Å². The first-order valence-corrected chi connectivity index (χ1v) is 12.5. The van der Waals surface area contributed by atoms with Crippen LogP contribution in [0.3, 0.4) is 0 Å². The third-order valence-electron chi connectivity index (χ3n) is 4.56. The van der Waals surface area contributed by atoms with Crippen molar-refractivity contribution in [1.82, 2.24) is 0 Å². The predicted octanol–water partition coefficient (Wildman–Crippen LogP) is 5.69. The second-order valence-electron chi connectivity index (χ2n) is 6.87. The summed E-state index contributed by atoms with van der Waals surface area (Å²) in [5.74, 6) is 0.892. The van der Waals surface area contributed by atoms with Gasteiger partial charge in [0.15, 0.2) is 14.7 Å². The number of hydrogen-bond donors (Lipinski definition) is 0. The lowest BCUT2D eigenvalue weighted by molar-refractivity contribution is 0.414. The summed E-state index contributed by atoms with van der Waals surface area (Å²) in [5.41, 5.74) is 0.928. The van der Waals surface area contributed by atoms with Crippen LogP contribution < -0.4 is 4.74 Å². The third kappa shape index (κ3) is 6.47. The van der Waals surface area contributed by atoms with Crippen LogP contribution in [-0.4, -0.2) is 20.1 Å². The zero-order valence-corrected chi connectivity index (χ0v) is 19.5. The lowest BCUT2D eigenvalue weighted by atomic mass is 10.2. The molecule has 0 spiro atoms. The van der Waals surface area contributed by atoms with Gasteiger partial charge in [-0.3, -0.25) is 0 Å². The van der Waals surface area contributed by atoms with Crippen LogP contribution in [0.5, 0.6) is 5.75 Å². The Morgan fingerprint density at radius 2 is 1.09 bits per heavy atom. The van der Waals surface area contributed by atoms with Crippen molar-refractivity contribution in [3.8, 4) is 5.75 Å². The molecule has 0 unspecified atom stereocenters. The Labute approximate surface area is 192 Å². The lowest BCUT2D eigenvalue weighted by Crippen LogP contribution is -2.04. The second-order valence-corrected chi connectivity index (χ2v) is 10.3. The summed E-state index contributed by atoms with van der Waals surface area (Å²) in [6, 6.07) is 35.4. The number of hydrogen-bond acceptors (Lipinski definition) is 4. The summed E-state index contributed by atoms with van der Waals surface area (Å²) >= 11 is 0. The van der Waals surface area contributed by atoms with Crippen LogP contribution in [0.2, 0.25) is 0 Å². The third-order valence-corrected chi connectivity index (χ3v) is 7.64. The Bertz CT molecular complexity index is 1170. The molecule has 4 aromatic rings. The highest BCUT2D eigenvalue weighted by atomic mass is 32.2. The molecule has 0 fully saturated rings. The fraction of sp³-hybridized carbons (Fsp3) is 0.0769. The number of aryl methyl sites for hydroxylation is 1. The quantitative estimate of drug-likeness (QED) is 0.281. The molecule has 164 valence electrons. The van der Waals surface area contributed by atoms with Crippen LogP contribution in [0.25, 0.3) is 0 Å². The van der Waals surface area contributed by atoms with Gasteiger partial charge in [-0.25, -0.2) is 8.42 Å². The van der Waals surface area contributed by atoms with Crippen molar-refractivity contribution in [2.45, 2.75) is 26.5 Å². The monoisotopic (exact) mass is 464 g/mol. The maximum Gasteiger partial charge on any atom is 0.166 e. The average molecular weight is 465 g/mol. The molecule has 0 saturated carbocycles. The van der Waals surface area contributed by atoms with Gasteiger partial charge in [0.05, 0.1) is 22.9 Å². The Hall–Kier alpha value is -3.06. The first-order chi connectivity index (χ1) is 15.4. The second kappa shape index (κ2) is 11.0. The van der Waals surface area contributed by atoms with E-state index in [-0.39, 0.29) is 15.8 Å². The van der Waals surface area contributed by atoms with E-state index in [0.717, 1.165) is 11.3 Å². The van der Waals surface area contributed by atoms with Crippen LogP contribution in [0.15, 0.2) is 129 Å². The van der Waals surface area contributed by atoms with Crippen molar-refractivity contribution in [1.29, 1.82) is 0 Å². The SMILES string of the molecule is COc1ccc([S+](c2ccccc2)c2ccccc2)cc1.Cc1ccc(S(=O)(=O)[O-])cc1. The van der Waals surface area contributed by atoms with E-state index in [4.69, 9.17) is 4.74 Å². The normalized spacial score (nSPS) is 10.9. The molecule has 0 aliphatic heterocycles. The van der Waals surface area contributed by atoms with E-state index in [9.17, 15) is 13.0 Å². The fourth-order valence-corrected chi connectivity index (χ4v) is 5.49. The van der Waals surface area contributed by atoms with Gasteiger partial charge in [0, 0.05) is 0 Å². The van der Waals surface area contributed by atoms with E-state index >= 15 is 0 Å². The molecule has 0 saturated heterocycles. The summed E-state index contributed by atoms with van der Waals surface area (Å²) in [5, 5.41) is 0. The zero-order chi connectivity index (χ0) is 23.0. The molecule has 0 atom stereocenters. The summed E-state index contributed by atoms with van der Waals surface area (Å²) in [6.45, 7) is 1.82. The molecule has 0 N–H and O–H groups in total. The predicted molar refractivity (Wildman–Crippen MR) is 127 cm³/mol. The maximum atomic E-state index is 10.4. The number of methoxy groups -OCH3 is 1. The molecule has 6 heteroatoms. The molecule has 4 rings (SSSR count). The molecular formula is C26H24O4S2. The minimum Gasteiger partial charge on any atom is -0.744 e. The molecule has 4 nitrogen and oxygen atoms in total. The Kier molecular flexibility index (Phi) is 8.11. The Morgan fingerprint density at radius 3 is 1.50 bits per heavy atom. The number of benzene rings is 4. The highest BCUT2D eigenvalue weighted by molar-refractivity contribution is 7.97. The standard InChI is InChI=1S/C19H17OS.C7H8O3S/c1-20-16-12-14-19(15-13-16)21(17-8-4-2-5-9-17)18-10-6-3-7-11-18;1-6-2-4-7(5-3-6)11(8,9)10/h2-15H,1H3;2-5H,1H3,(H,8,9,10)/q+1;/p-1. The molecule has 0 aliphatic carbocycles. The van der Waals surface area contributed by atoms with Crippen LogP contribution >= 0.6 is 0 Å². The van der Waals surface area contributed by atoms with Crippen LogP contribution in [-0.2, 0) is 21.0 Å². The van der Waals surface area contributed by atoms with E-state index in [0.29, 0.717) is 0 Å². The minimum absolute atomic E-state index is 0.0804. The van der Waals surface area contributed by atoms with E-state index in [1.165, 1.54) is 26.8 Å². The van der Waals surface area contributed by atoms with E-state index < -0.39 is 10.1 Å². The summed E-state index contributed by atoms with van der Waals surface area (Å²) in [7, 11) is -2.65. The topological polar surface area (TPSA) is 66.4 Å². The fourth-order valence-electron chi connectivity index (χ4n) is 2.94. The molecule has 0 radical (unpaired) electrons. The van der Waals surface area contributed by atoms with Crippen LogP contribution in [0.1, 0.15) is 5.56 Å². The van der Waals surface area contributed by atoms with Crippen molar-refractivity contribution in [2.24, 2.45) is 0 Å². The van der Waals surface area contributed by atoms with Gasteiger partial charge in [0.25, 0.3) is 0 Å². The van der Waals surface area contributed by atoms with Crippen LogP contribution in [0, 0.1) is 6.92 Å². The Morgan fingerprint density at radius 1 is 0.656 bits per heavy atom. The molecule has 0 aromatic heterocycles. The molecule has 4 aromatic carbocycles. The van der Waals surface area contributed by atoms with Crippen LogP contribution in [0.4, 0.5) is 0 Å². The van der Waals surface area contributed by atoms with Crippen molar-refractivity contribution in [3.63, 3.8) is 0 Å². The summed E-state index contributed by atoms with van der Waals surface area (Å²) in [6.07, 6.45) is 0. The molecular weight excluding hydrogens is 440 g/mol. The molecule has 32 heavy (non-hydrogen) atoms. The van der Waals surface area contributed by atoms with Gasteiger partial charge in [-0.15, -0.1) is 0 Å². The van der Waals surface area contributed by atoms with E-state index in [2.05, 4.69) is 72.8 Å². The minimum atomic E-state index is -4.27. The molecule has 0 amide bonds. The van der Waals surface area contributed by atoms with Gasteiger partial charge in [0.1, 0.15) is 15.9 Å². The van der Waals surface area contributed by atoms with Gasteiger partial charge in [-0.2, -0.15) is 0 Å². The molecule has 0 aliphatic rings. The molecule has 0 bridgehead atoms. The average Bonchev–Trinajstić information content (AvgIpc) is 2.81. The summed E-state index contributed by atoms with van der Waals surface area (Å²) in [4.78, 5) is 3.78. The molecule has 0 heterocycles. The van der Waals surface area contributed by atoms with Gasteiger partial charge >= 0.3 is 0 Å². The first-order valence-electron chi connectivity index (χ1n) is 9.89. The number of ether oxygens (including phenoxy) is 1. The van der Waals surface area contributed by atoms with E-state index in [1.807, 2.05) is 19.1 Å². The summed E-state index contributed by atoms with van der Waals surface area (Å²) < 4.78 is 36.4. The Balaban J connectivity index is 0.000000222. The van der Waals surface area contributed by atoms with Crippen molar-refractivity contribution < 1.29 is 17.7 Å². The van der Waals surface area contributed by atoms with Crippen molar-refractivity contribution >= 4 is 21.0 Å². The smallest absolute Gasteiger partial charge is 0.166 e. The maximum absolute atomic E-state index is 10.4. The van der Waals surface area contributed by atoms with Crippen molar-refractivity contribution in [3.05, 3.63) is 115 Å². The van der Waals surface area contributed by atoms with Gasteiger partial charge in [-0.1, -0.05) is 54.1 Å². The highest BCUT2D eigenvalue weighted by Gasteiger charge is 2.27.